The molecule has 0 aromatic heterocycles. The van der Waals surface area contributed by atoms with Gasteiger partial charge in [-0.2, -0.15) is 0 Å². The van der Waals surface area contributed by atoms with Crippen LogP contribution in [0, 0.1) is 0 Å². The van der Waals surface area contributed by atoms with Gasteiger partial charge in [-0.3, -0.25) is 4.79 Å². The third-order valence-corrected chi connectivity index (χ3v) is 2.90. The highest BCUT2D eigenvalue weighted by Gasteiger charge is 2.29. The summed E-state index contributed by atoms with van der Waals surface area (Å²) in [6, 6.07) is 5.90. The number of rotatable bonds is 7. The molecule has 1 unspecified atom stereocenters. The number of nitrogens with zero attached hydrogens (tertiary/aromatic N) is 1. The van der Waals surface area contributed by atoms with Crippen LogP contribution in [0.3, 0.4) is 0 Å². The van der Waals surface area contributed by atoms with Crippen molar-refractivity contribution in [2.24, 2.45) is 0 Å². The number of carbonyl (C=O) groups excluding carboxylic acids is 1. The van der Waals surface area contributed by atoms with Gasteiger partial charge in [0.2, 0.25) is 6.41 Å². The first-order chi connectivity index (χ1) is 9.02. The molecule has 5 nitrogen and oxygen atoms in total. The van der Waals surface area contributed by atoms with Crippen LogP contribution in [0.15, 0.2) is 24.3 Å². The molecule has 0 aliphatic rings. The van der Waals surface area contributed by atoms with Gasteiger partial charge in [0.05, 0.1) is 6.61 Å². The molecule has 1 aromatic carbocycles. The predicted molar refractivity (Wildman–Crippen MR) is 70.6 cm³/mol. The Bertz CT molecular complexity index is 445. The average Bonchev–Trinajstić information content (AvgIpc) is 2.36. The molecular weight excluding hydrogens is 246 g/mol. The molecule has 0 radical (unpaired) electrons. The Kier molecular flexibility index (Phi) is 5.51. The number of carboxylic acids is 1. The summed E-state index contributed by atoms with van der Waals surface area (Å²) < 4.78 is 5.07. The maximum absolute atomic E-state index is 11.5. The lowest BCUT2D eigenvalue weighted by atomic mass is 9.99. The van der Waals surface area contributed by atoms with Crippen molar-refractivity contribution in [1.29, 1.82) is 0 Å². The van der Waals surface area contributed by atoms with Crippen molar-refractivity contribution in [1.82, 2.24) is 4.90 Å². The highest BCUT2D eigenvalue weighted by molar-refractivity contribution is 5.78. The minimum absolute atomic E-state index is 0.200. The van der Waals surface area contributed by atoms with Crippen molar-refractivity contribution in [3.8, 4) is 0 Å². The zero-order valence-corrected chi connectivity index (χ0v) is 11.4. The molecule has 0 bridgehead atoms. The Morgan fingerprint density at radius 1 is 1.42 bits per heavy atom. The van der Waals surface area contributed by atoms with Crippen LogP contribution in [-0.4, -0.2) is 35.5 Å². The lowest BCUT2D eigenvalue weighted by molar-refractivity contribution is -0.148. The molecule has 0 saturated heterocycles. The molecule has 0 saturated carbocycles. The highest BCUT2D eigenvalue weighted by atomic mass is 16.5. The molecule has 0 aliphatic carbocycles. The molecule has 1 rings (SSSR count). The van der Waals surface area contributed by atoms with Crippen molar-refractivity contribution in [3.63, 3.8) is 0 Å². The number of methoxy groups -OCH3 is 1. The van der Waals surface area contributed by atoms with Gasteiger partial charge in [-0.15, -0.1) is 0 Å². The van der Waals surface area contributed by atoms with E-state index in [-0.39, 0.29) is 6.04 Å². The third-order valence-electron chi connectivity index (χ3n) is 2.90. The second kappa shape index (κ2) is 6.89. The standard InChI is InChI=1S/C14H19NO4/c1-10(2)15(9-16)13(14(17)18)12-7-5-4-6-11(12)8-19-3/h4-7,9-10,13H,8H2,1-3H3,(H,17,18). The second-order valence-corrected chi connectivity index (χ2v) is 4.52. The van der Waals surface area contributed by atoms with Crippen LogP contribution in [0.5, 0.6) is 0 Å². The number of ether oxygens (including phenoxy) is 1. The van der Waals surface area contributed by atoms with Crippen molar-refractivity contribution in [2.45, 2.75) is 32.5 Å². The minimum atomic E-state index is -1.05. The maximum atomic E-state index is 11.5. The zero-order chi connectivity index (χ0) is 14.4. The molecule has 0 fully saturated rings. The smallest absolute Gasteiger partial charge is 0.331 e. The third kappa shape index (κ3) is 3.54. The fourth-order valence-electron chi connectivity index (χ4n) is 1.99. The van der Waals surface area contributed by atoms with Crippen molar-refractivity contribution in [2.75, 3.05) is 7.11 Å². The van der Waals surface area contributed by atoms with Crippen molar-refractivity contribution < 1.29 is 19.4 Å². The topological polar surface area (TPSA) is 66.8 Å². The minimum Gasteiger partial charge on any atom is -0.479 e. The first-order valence-corrected chi connectivity index (χ1v) is 6.05. The molecular formula is C14H19NO4. The molecule has 104 valence electrons. The average molecular weight is 265 g/mol. The van der Waals surface area contributed by atoms with E-state index in [0.717, 1.165) is 5.56 Å². The second-order valence-electron chi connectivity index (χ2n) is 4.52. The van der Waals surface area contributed by atoms with Crippen LogP contribution in [-0.2, 0) is 20.9 Å². The van der Waals surface area contributed by atoms with E-state index in [1.165, 1.54) is 4.90 Å². The molecule has 19 heavy (non-hydrogen) atoms. The van der Waals surface area contributed by atoms with Gasteiger partial charge < -0.3 is 14.7 Å². The first-order valence-electron chi connectivity index (χ1n) is 6.05. The SMILES string of the molecule is COCc1ccccc1C(C(=O)O)N(C=O)C(C)C. The molecule has 1 aromatic rings. The maximum Gasteiger partial charge on any atom is 0.331 e. The van der Waals surface area contributed by atoms with E-state index in [1.54, 1.807) is 39.2 Å². The van der Waals surface area contributed by atoms with Crippen LogP contribution < -0.4 is 0 Å². The Morgan fingerprint density at radius 2 is 2.05 bits per heavy atom. The van der Waals surface area contributed by atoms with E-state index in [4.69, 9.17) is 4.74 Å². The summed E-state index contributed by atoms with van der Waals surface area (Å²) in [7, 11) is 1.55. The molecule has 1 atom stereocenters. The van der Waals surface area contributed by atoms with Gasteiger partial charge in [-0.05, 0) is 25.0 Å². The summed E-state index contributed by atoms with van der Waals surface area (Å²) in [5.41, 5.74) is 1.35. The van der Waals surface area contributed by atoms with Gasteiger partial charge >= 0.3 is 5.97 Å². The normalized spacial score (nSPS) is 12.2. The lowest BCUT2D eigenvalue weighted by Crippen LogP contribution is -2.38. The quantitative estimate of drug-likeness (QED) is 0.764. The van der Waals surface area contributed by atoms with Crippen LogP contribution in [0.25, 0.3) is 0 Å². The Labute approximate surface area is 112 Å². The molecule has 0 aliphatic heterocycles. The Hall–Kier alpha value is -1.88. The van der Waals surface area contributed by atoms with Gasteiger partial charge in [0.1, 0.15) is 0 Å². The fourth-order valence-corrected chi connectivity index (χ4v) is 1.99. The summed E-state index contributed by atoms with van der Waals surface area (Å²) in [5, 5.41) is 9.43. The Balaban J connectivity index is 3.26. The van der Waals surface area contributed by atoms with Crippen LogP contribution in [0.1, 0.15) is 31.0 Å². The number of aliphatic carboxylic acids is 1. The van der Waals surface area contributed by atoms with Gasteiger partial charge in [0.25, 0.3) is 0 Å². The number of carbonyl (C=O) groups is 2. The number of hydrogen-bond donors (Lipinski definition) is 1. The number of benzene rings is 1. The molecule has 0 spiro atoms. The van der Waals surface area contributed by atoms with Gasteiger partial charge in [-0.1, -0.05) is 24.3 Å². The van der Waals surface area contributed by atoms with E-state index in [1.807, 2.05) is 6.07 Å². The van der Waals surface area contributed by atoms with E-state index in [9.17, 15) is 14.7 Å². The fraction of sp³-hybridized carbons (Fsp3) is 0.429. The first kappa shape index (κ1) is 15.2. The summed E-state index contributed by atoms with van der Waals surface area (Å²) >= 11 is 0. The van der Waals surface area contributed by atoms with E-state index < -0.39 is 12.0 Å². The van der Waals surface area contributed by atoms with E-state index in [0.29, 0.717) is 18.6 Å². The molecule has 5 heteroatoms. The Morgan fingerprint density at radius 3 is 2.53 bits per heavy atom. The summed E-state index contributed by atoms with van der Waals surface area (Å²) in [4.78, 5) is 24.0. The van der Waals surface area contributed by atoms with Crippen molar-refractivity contribution in [3.05, 3.63) is 35.4 Å². The van der Waals surface area contributed by atoms with Gasteiger partial charge in [0.15, 0.2) is 6.04 Å². The summed E-state index contributed by atoms with van der Waals surface area (Å²) in [6.07, 6.45) is 0.576. The zero-order valence-electron chi connectivity index (χ0n) is 11.4. The monoisotopic (exact) mass is 265 g/mol. The van der Waals surface area contributed by atoms with Crippen LogP contribution in [0.2, 0.25) is 0 Å². The molecule has 0 heterocycles. The molecule has 1 amide bonds. The molecule has 1 N–H and O–H groups in total. The van der Waals surface area contributed by atoms with E-state index >= 15 is 0 Å². The van der Waals surface area contributed by atoms with Crippen molar-refractivity contribution >= 4 is 12.4 Å². The van der Waals surface area contributed by atoms with Gasteiger partial charge in [-0.25, -0.2) is 4.79 Å². The number of amides is 1. The number of carboxylic acid groups (broad SMARTS) is 1. The summed E-state index contributed by atoms with van der Waals surface area (Å²) in [6.45, 7) is 3.87. The highest BCUT2D eigenvalue weighted by Crippen LogP contribution is 2.25. The van der Waals surface area contributed by atoms with Crippen LogP contribution >= 0.6 is 0 Å². The predicted octanol–water partition coefficient (Wildman–Crippen LogP) is 1.83. The number of hydrogen-bond acceptors (Lipinski definition) is 3. The summed E-state index contributed by atoms with van der Waals surface area (Å²) in [5.74, 6) is -1.05. The van der Waals surface area contributed by atoms with Crippen LogP contribution in [0.4, 0.5) is 0 Å². The lowest BCUT2D eigenvalue weighted by Gasteiger charge is -2.30. The van der Waals surface area contributed by atoms with Gasteiger partial charge in [0, 0.05) is 13.2 Å². The largest absolute Gasteiger partial charge is 0.479 e. The van der Waals surface area contributed by atoms with E-state index in [2.05, 4.69) is 0 Å².